The SMILES string of the molecule is C[C@@H](OC(=O)c1c2c(nc3ccccc13)CCCC2)c1nnc(-c2cccs2)o1. The van der Waals surface area contributed by atoms with Crippen molar-refractivity contribution >= 4 is 28.2 Å². The van der Waals surface area contributed by atoms with Crippen LogP contribution in [0.2, 0.25) is 0 Å². The molecule has 6 nitrogen and oxygen atoms in total. The Labute approximate surface area is 171 Å². The number of rotatable bonds is 4. The predicted octanol–water partition coefficient (Wildman–Crippen LogP) is 5.14. The van der Waals surface area contributed by atoms with Gasteiger partial charge in [-0.3, -0.25) is 4.98 Å². The summed E-state index contributed by atoms with van der Waals surface area (Å²) in [7, 11) is 0. The molecule has 5 rings (SSSR count). The average Bonchev–Trinajstić information content (AvgIpc) is 3.43. The van der Waals surface area contributed by atoms with Crippen molar-refractivity contribution in [3.8, 4) is 10.8 Å². The molecule has 0 N–H and O–H groups in total. The second-order valence-corrected chi connectivity index (χ2v) is 8.05. The highest BCUT2D eigenvalue weighted by atomic mass is 32.1. The fourth-order valence-electron chi connectivity index (χ4n) is 3.77. The zero-order valence-corrected chi connectivity index (χ0v) is 16.7. The number of fused-ring (bicyclic) bond motifs is 2. The van der Waals surface area contributed by atoms with Crippen LogP contribution in [-0.2, 0) is 17.6 Å². The topological polar surface area (TPSA) is 78.1 Å². The summed E-state index contributed by atoms with van der Waals surface area (Å²) in [5.41, 5.74) is 3.46. The van der Waals surface area contributed by atoms with E-state index in [1.807, 2.05) is 41.8 Å². The maximum atomic E-state index is 13.2. The number of esters is 1. The molecule has 1 atom stereocenters. The number of carbonyl (C=O) groups is 1. The monoisotopic (exact) mass is 405 g/mol. The van der Waals surface area contributed by atoms with Crippen LogP contribution in [0.1, 0.15) is 53.4 Å². The molecule has 7 heteroatoms. The van der Waals surface area contributed by atoms with Crippen LogP contribution in [0.25, 0.3) is 21.7 Å². The van der Waals surface area contributed by atoms with Crippen molar-refractivity contribution in [2.45, 2.75) is 38.7 Å². The number of benzene rings is 1. The van der Waals surface area contributed by atoms with Gasteiger partial charge in [0.2, 0.25) is 0 Å². The van der Waals surface area contributed by atoms with Gasteiger partial charge in [-0.05, 0) is 55.7 Å². The fraction of sp³-hybridized carbons (Fsp3) is 0.273. The lowest BCUT2D eigenvalue weighted by Gasteiger charge is -2.20. The number of nitrogens with zero attached hydrogens (tertiary/aromatic N) is 3. The van der Waals surface area contributed by atoms with Crippen LogP contribution in [0.5, 0.6) is 0 Å². The quantitative estimate of drug-likeness (QED) is 0.437. The Hall–Kier alpha value is -3.06. The third-order valence-electron chi connectivity index (χ3n) is 5.18. The molecular weight excluding hydrogens is 386 g/mol. The Morgan fingerprint density at radius 2 is 2.00 bits per heavy atom. The van der Waals surface area contributed by atoms with E-state index < -0.39 is 6.10 Å². The van der Waals surface area contributed by atoms with Gasteiger partial charge in [-0.2, -0.15) is 0 Å². The summed E-state index contributed by atoms with van der Waals surface area (Å²) >= 11 is 1.52. The molecule has 29 heavy (non-hydrogen) atoms. The third-order valence-corrected chi connectivity index (χ3v) is 6.04. The molecule has 1 aliphatic rings. The van der Waals surface area contributed by atoms with E-state index in [9.17, 15) is 4.79 Å². The molecule has 0 amide bonds. The van der Waals surface area contributed by atoms with Crippen LogP contribution in [0.4, 0.5) is 0 Å². The van der Waals surface area contributed by atoms with E-state index in [0.717, 1.165) is 52.7 Å². The lowest BCUT2D eigenvalue weighted by molar-refractivity contribution is 0.0280. The highest BCUT2D eigenvalue weighted by Crippen LogP contribution is 2.31. The second kappa shape index (κ2) is 7.40. The number of aromatic nitrogens is 3. The van der Waals surface area contributed by atoms with E-state index in [1.54, 1.807) is 6.92 Å². The maximum Gasteiger partial charge on any atom is 0.339 e. The van der Waals surface area contributed by atoms with Gasteiger partial charge >= 0.3 is 5.97 Å². The minimum atomic E-state index is -0.644. The second-order valence-electron chi connectivity index (χ2n) is 7.11. The molecule has 0 aliphatic heterocycles. The molecule has 0 radical (unpaired) electrons. The van der Waals surface area contributed by atoms with Crippen molar-refractivity contribution < 1.29 is 13.9 Å². The first-order chi connectivity index (χ1) is 14.2. The summed E-state index contributed by atoms with van der Waals surface area (Å²) in [6.45, 7) is 1.75. The zero-order valence-electron chi connectivity index (χ0n) is 15.9. The molecule has 1 aliphatic carbocycles. The van der Waals surface area contributed by atoms with E-state index >= 15 is 0 Å². The number of para-hydroxylation sites is 1. The summed E-state index contributed by atoms with van der Waals surface area (Å²) in [5.74, 6) is 0.351. The maximum absolute atomic E-state index is 13.2. The standard InChI is InChI=1S/C22H19N3O3S/c1-13(20-24-25-21(28-20)18-11-6-12-29-18)27-22(26)19-14-7-2-4-9-16(14)23-17-10-5-3-8-15(17)19/h2,4,6-7,9,11-13H,3,5,8,10H2,1H3/t13-/m1/s1. The summed E-state index contributed by atoms with van der Waals surface area (Å²) < 4.78 is 11.5. The Morgan fingerprint density at radius 3 is 2.86 bits per heavy atom. The van der Waals surface area contributed by atoms with E-state index in [-0.39, 0.29) is 11.9 Å². The number of aryl methyl sites for hydroxylation is 1. The minimum absolute atomic E-state index is 0.286. The minimum Gasteiger partial charge on any atom is -0.449 e. The molecule has 0 bridgehead atoms. The molecule has 4 aromatic rings. The molecule has 0 spiro atoms. The number of ether oxygens (including phenoxy) is 1. The van der Waals surface area contributed by atoms with Gasteiger partial charge in [-0.25, -0.2) is 4.79 Å². The van der Waals surface area contributed by atoms with E-state index in [2.05, 4.69) is 10.2 Å². The Kier molecular flexibility index (Phi) is 4.60. The largest absolute Gasteiger partial charge is 0.449 e. The molecule has 1 aromatic carbocycles. The van der Waals surface area contributed by atoms with Crippen LogP contribution in [0.3, 0.4) is 0 Å². The van der Waals surface area contributed by atoms with Crippen molar-refractivity contribution in [2.75, 3.05) is 0 Å². The van der Waals surface area contributed by atoms with Crippen molar-refractivity contribution in [3.05, 3.63) is 64.5 Å². The van der Waals surface area contributed by atoms with Crippen LogP contribution >= 0.6 is 11.3 Å². The first-order valence-electron chi connectivity index (χ1n) is 9.69. The first-order valence-corrected chi connectivity index (χ1v) is 10.6. The molecule has 0 unspecified atom stereocenters. The lowest BCUT2D eigenvalue weighted by Crippen LogP contribution is -2.17. The third kappa shape index (κ3) is 3.31. The van der Waals surface area contributed by atoms with Crippen molar-refractivity contribution in [1.29, 1.82) is 0 Å². The molecular formula is C22H19N3O3S. The van der Waals surface area contributed by atoms with Crippen molar-refractivity contribution in [1.82, 2.24) is 15.2 Å². The van der Waals surface area contributed by atoms with Gasteiger partial charge < -0.3 is 9.15 Å². The summed E-state index contributed by atoms with van der Waals surface area (Å²) in [5, 5.41) is 10.9. The predicted molar refractivity (Wildman–Crippen MR) is 110 cm³/mol. The number of carbonyl (C=O) groups excluding carboxylic acids is 1. The van der Waals surface area contributed by atoms with E-state index in [1.165, 1.54) is 11.3 Å². The van der Waals surface area contributed by atoms with Crippen LogP contribution in [-0.4, -0.2) is 21.2 Å². The molecule has 3 heterocycles. The van der Waals surface area contributed by atoms with E-state index in [0.29, 0.717) is 11.5 Å². The van der Waals surface area contributed by atoms with Gasteiger partial charge in [0, 0.05) is 11.1 Å². The number of hydrogen-bond donors (Lipinski definition) is 0. The normalized spacial score (nSPS) is 14.5. The number of thiophene rings is 1. The first kappa shape index (κ1) is 18.0. The summed E-state index contributed by atoms with van der Waals surface area (Å²) in [6.07, 6.45) is 3.24. The van der Waals surface area contributed by atoms with Gasteiger partial charge in [-0.1, -0.05) is 24.3 Å². The number of hydrogen-bond acceptors (Lipinski definition) is 7. The summed E-state index contributed by atoms with van der Waals surface area (Å²) in [6, 6.07) is 11.6. The fourth-order valence-corrected chi connectivity index (χ4v) is 4.42. The smallest absolute Gasteiger partial charge is 0.339 e. The van der Waals surface area contributed by atoms with E-state index in [4.69, 9.17) is 14.1 Å². The summed E-state index contributed by atoms with van der Waals surface area (Å²) in [4.78, 5) is 18.9. The van der Waals surface area contributed by atoms with Crippen molar-refractivity contribution in [2.24, 2.45) is 0 Å². The molecule has 0 fully saturated rings. The average molecular weight is 405 g/mol. The van der Waals surface area contributed by atoms with Gasteiger partial charge in [0.05, 0.1) is 16.0 Å². The molecule has 0 saturated carbocycles. The van der Waals surface area contributed by atoms with Crippen LogP contribution in [0, 0.1) is 0 Å². The highest BCUT2D eigenvalue weighted by molar-refractivity contribution is 7.13. The molecule has 3 aromatic heterocycles. The highest BCUT2D eigenvalue weighted by Gasteiger charge is 2.26. The Bertz CT molecular complexity index is 1180. The molecule has 146 valence electrons. The zero-order chi connectivity index (χ0) is 19.8. The number of pyridine rings is 1. The van der Waals surface area contributed by atoms with Crippen LogP contribution < -0.4 is 0 Å². The van der Waals surface area contributed by atoms with Gasteiger partial charge in [0.15, 0.2) is 6.10 Å². The Morgan fingerprint density at radius 1 is 1.14 bits per heavy atom. The van der Waals surface area contributed by atoms with Crippen molar-refractivity contribution in [3.63, 3.8) is 0 Å². The lowest BCUT2D eigenvalue weighted by atomic mass is 9.90. The molecule has 0 saturated heterocycles. The van der Waals surface area contributed by atoms with Gasteiger partial charge in [0.1, 0.15) is 0 Å². The van der Waals surface area contributed by atoms with Gasteiger partial charge in [-0.15, -0.1) is 21.5 Å². The Balaban J connectivity index is 1.47. The van der Waals surface area contributed by atoms with Gasteiger partial charge in [0.25, 0.3) is 11.8 Å². The van der Waals surface area contributed by atoms with Crippen LogP contribution in [0.15, 0.2) is 46.2 Å².